The molecule has 1 atom stereocenters. The highest BCUT2D eigenvalue weighted by Gasteiger charge is 2.22. The number of hydrogen-bond acceptors (Lipinski definition) is 5. The van der Waals surface area contributed by atoms with Gasteiger partial charge in [-0.3, -0.25) is 4.98 Å². The van der Waals surface area contributed by atoms with Crippen molar-refractivity contribution in [2.75, 3.05) is 12.4 Å². The lowest BCUT2D eigenvalue weighted by atomic mass is 10.1. The topological polar surface area (TPSA) is 64.9 Å². The average molecular weight is 351 g/mol. The summed E-state index contributed by atoms with van der Waals surface area (Å²) in [6, 6.07) is 10.9. The van der Waals surface area contributed by atoms with Crippen LogP contribution in [0.4, 0.5) is 5.69 Å². The summed E-state index contributed by atoms with van der Waals surface area (Å²) in [6.45, 7) is 3.48. The van der Waals surface area contributed by atoms with Crippen LogP contribution in [0.15, 0.2) is 30.3 Å². The van der Waals surface area contributed by atoms with Crippen molar-refractivity contribution in [3.8, 4) is 0 Å². The van der Waals surface area contributed by atoms with Gasteiger partial charge in [0, 0.05) is 36.3 Å². The van der Waals surface area contributed by atoms with Crippen LogP contribution in [-0.2, 0) is 30.7 Å². The van der Waals surface area contributed by atoms with Crippen LogP contribution in [0, 0.1) is 0 Å². The summed E-state index contributed by atoms with van der Waals surface area (Å²) in [5.74, 6) is 1.82. The van der Waals surface area contributed by atoms with Crippen LogP contribution in [0.25, 0.3) is 10.9 Å². The first-order chi connectivity index (χ1) is 12.8. The minimum Gasteiger partial charge on any atom is -0.380 e. The molecule has 0 bridgehead atoms. The van der Waals surface area contributed by atoms with Gasteiger partial charge in [0.1, 0.15) is 12.4 Å². The number of aromatic nitrogens is 4. The van der Waals surface area contributed by atoms with E-state index < -0.39 is 0 Å². The molecule has 0 saturated carbocycles. The molecule has 1 aliphatic rings. The zero-order valence-corrected chi connectivity index (χ0v) is 15.4. The Morgan fingerprint density at radius 3 is 3.00 bits per heavy atom. The van der Waals surface area contributed by atoms with Gasteiger partial charge in [0.25, 0.3) is 0 Å². The molecule has 3 aromatic rings. The molecule has 1 unspecified atom stereocenters. The highest BCUT2D eigenvalue weighted by atomic mass is 16.5. The maximum atomic E-state index is 5.15. The van der Waals surface area contributed by atoms with Gasteiger partial charge in [-0.15, -0.1) is 0 Å². The minimum absolute atomic E-state index is 0.333. The molecule has 26 heavy (non-hydrogen) atoms. The summed E-state index contributed by atoms with van der Waals surface area (Å²) >= 11 is 0. The Morgan fingerprint density at radius 1 is 1.27 bits per heavy atom. The van der Waals surface area contributed by atoms with E-state index in [2.05, 4.69) is 52.7 Å². The average Bonchev–Trinajstić information content (AvgIpc) is 3.04. The van der Waals surface area contributed by atoms with Gasteiger partial charge in [-0.1, -0.05) is 31.5 Å². The Kier molecular flexibility index (Phi) is 4.84. The molecule has 0 radical (unpaired) electrons. The van der Waals surface area contributed by atoms with Crippen molar-refractivity contribution in [1.29, 1.82) is 0 Å². The molecule has 6 heteroatoms. The highest BCUT2D eigenvalue weighted by Crippen LogP contribution is 2.26. The first kappa shape index (κ1) is 17.0. The Morgan fingerprint density at radius 2 is 2.15 bits per heavy atom. The summed E-state index contributed by atoms with van der Waals surface area (Å²) in [7, 11) is 1.67. The Balaban J connectivity index is 1.58. The van der Waals surface area contributed by atoms with Crippen molar-refractivity contribution in [2.24, 2.45) is 0 Å². The standard InChI is InChI=1S/C20H25N5O/c1-3-6-14-11-18(16-7-4-5-8-17(16)21-14)22-15-9-10-20-23-19(13-26-2)24-25(20)12-15/h4-5,7-8,11,15H,3,6,9-10,12-13H2,1-2H3,(H,21,22). The molecule has 3 heterocycles. The van der Waals surface area contributed by atoms with E-state index >= 15 is 0 Å². The third-order valence-electron chi connectivity index (χ3n) is 4.81. The fourth-order valence-electron chi connectivity index (χ4n) is 3.62. The first-order valence-electron chi connectivity index (χ1n) is 9.33. The summed E-state index contributed by atoms with van der Waals surface area (Å²) in [5, 5.41) is 9.49. The molecule has 136 valence electrons. The lowest BCUT2D eigenvalue weighted by Gasteiger charge is -2.25. The number of benzene rings is 1. The Hall–Kier alpha value is -2.47. The van der Waals surface area contributed by atoms with Gasteiger partial charge in [-0.05, 0) is 25.0 Å². The number of nitrogens with one attached hydrogen (secondary N) is 1. The number of anilines is 1. The maximum absolute atomic E-state index is 5.15. The summed E-state index contributed by atoms with van der Waals surface area (Å²) in [4.78, 5) is 9.36. The second-order valence-electron chi connectivity index (χ2n) is 6.87. The van der Waals surface area contributed by atoms with Crippen LogP contribution in [0.5, 0.6) is 0 Å². The number of rotatable bonds is 6. The number of para-hydroxylation sites is 1. The predicted molar refractivity (Wildman–Crippen MR) is 102 cm³/mol. The number of methoxy groups -OCH3 is 1. The summed E-state index contributed by atoms with van der Waals surface area (Å²) < 4.78 is 7.17. The predicted octanol–water partition coefficient (Wildman–Crippen LogP) is 3.35. The zero-order valence-electron chi connectivity index (χ0n) is 15.4. The van der Waals surface area contributed by atoms with Gasteiger partial charge in [0.05, 0.1) is 12.1 Å². The monoisotopic (exact) mass is 351 g/mol. The zero-order chi connectivity index (χ0) is 17.9. The van der Waals surface area contributed by atoms with E-state index in [1.165, 1.54) is 11.1 Å². The summed E-state index contributed by atoms with van der Waals surface area (Å²) in [6.07, 6.45) is 4.07. The van der Waals surface area contributed by atoms with E-state index in [9.17, 15) is 0 Å². The maximum Gasteiger partial charge on any atom is 0.176 e. The number of nitrogens with zero attached hydrogens (tertiary/aromatic N) is 4. The van der Waals surface area contributed by atoms with E-state index in [1.54, 1.807) is 7.11 Å². The second-order valence-corrected chi connectivity index (χ2v) is 6.87. The van der Waals surface area contributed by atoms with Crippen molar-refractivity contribution in [2.45, 2.75) is 51.8 Å². The molecule has 0 aliphatic carbocycles. The third kappa shape index (κ3) is 3.42. The molecule has 1 aromatic carbocycles. The molecule has 0 amide bonds. The lowest BCUT2D eigenvalue weighted by molar-refractivity contribution is 0.177. The van der Waals surface area contributed by atoms with E-state index in [4.69, 9.17) is 9.72 Å². The van der Waals surface area contributed by atoms with Crippen LogP contribution in [0.3, 0.4) is 0 Å². The number of ether oxygens (including phenoxy) is 1. The third-order valence-corrected chi connectivity index (χ3v) is 4.81. The molecule has 0 fully saturated rings. The van der Waals surface area contributed by atoms with Crippen LogP contribution in [0.1, 0.15) is 37.1 Å². The Bertz CT molecular complexity index is 904. The van der Waals surface area contributed by atoms with Crippen molar-refractivity contribution in [1.82, 2.24) is 19.7 Å². The lowest BCUT2D eigenvalue weighted by Crippen LogP contribution is -2.32. The van der Waals surface area contributed by atoms with Gasteiger partial charge in [0.2, 0.25) is 0 Å². The van der Waals surface area contributed by atoms with Gasteiger partial charge >= 0.3 is 0 Å². The van der Waals surface area contributed by atoms with Crippen molar-refractivity contribution >= 4 is 16.6 Å². The molecular weight excluding hydrogens is 326 g/mol. The normalized spacial score (nSPS) is 16.6. The molecule has 2 aromatic heterocycles. The van der Waals surface area contributed by atoms with Crippen LogP contribution >= 0.6 is 0 Å². The van der Waals surface area contributed by atoms with E-state index in [0.717, 1.165) is 55.1 Å². The second kappa shape index (κ2) is 7.41. The first-order valence-corrected chi connectivity index (χ1v) is 9.33. The van der Waals surface area contributed by atoms with Crippen molar-refractivity contribution in [3.05, 3.63) is 47.7 Å². The molecule has 0 saturated heterocycles. The molecule has 1 N–H and O–H groups in total. The SMILES string of the molecule is CCCc1cc(NC2CCc3nc(COC)nn3C2)c2ccccc2n1. The quantitative estimate of drug-likeness (QED) is 0.738. The van der Waals surface area contributed by atoms with Gasteiger partial charge in [-0.25, -0.2) is 9.67 Å². The van der Waals surface area contributed by atoms with Crippen molar-refractivity contribution < 1.29 is 4.74 Å². The molecule has 0 spiro atoms. The molecular formula is C20H25N5O. The number of hydrogen-bond donors (Lipinski definition) is 1. The molecule has 1 aliphatic heterocycles. The van der Waals surface area contributed by atoms with Gasteiger partial charge in [0.15, 0.2) is 5.82 Å². The van der Waals surface area contributed by atoms with Crippen LogP contribution in [0.2, 0.25) is 0 Å². The number of aryl methyl sites for hydroxylation is 2. The number of fused-ring (bicyclic) bond motifs is 2. The van der Waals surface area contributed by atoms with Crippen LogP contribution in [-0.4, -0.2) is 32.9 Å². The van der Waals surface area contributed by atoms with E-state index in [0.29, 0.717) is 12.6 Å². The largest absolute Gasteiger partial charge is 0.380 e. The van der Waals surface area contributed by atoms with Gasteiger partial charge in [-0.2, -0.15) is 5.10 Å². The van der Waals surface area contributed by atoms with Crippen LogP contribution < -0.4 is 5.32 Å². The van der Waals surface area contributed by atoms with E-state index in [-0.39, 0.29) is 0 Å². The van der Waals surface area contributed by atoms with E-state index in [1.807, 2.05) is 4.68 Å². The number of pyridine rings is 1. The minimum atomic E-state index is 0.333. The summed E-state index contributed by atoms with van der Waals surface area (Å²) in [5.41, 5.74) is 3.37. The van der Waals surface area contributed by atoms with Gasteiger partial charge < -0.3 is 10.1 Å². The van der Waals surface area contributed by atoms with Crippen molar-refractivity contribution in [3.63, 3.8) is 0 Å². The fourth-order valence-corrected chi connectivity index (χ4v) is 3.62. The fraction of sp³-hybridized carbons (Fsp3) is 0.450. The Labute approximate surface area is 153 Å². The smallest absolute Gasteiger partial charge is 0.176 e. The molecule has 4 rings (SSSR count). The molecule has 6 nitrogen and oxygen atoms in total. The highest BCUT2D eigenvalue weighted by molar-refractivity contribution is 5.91.